The summed E-state index contributed by atoms with van der Waals surface area (Å²) in [4.78, 5) is 0. The van der Waals surface area contributed by atoms with E-state index in [1.165, 1.54) is 24.3 Å². The average molecular weight is 474 g/mol. The van der Waals surface area contributed by atoms with Gasteiger partial charge in [-0.15, -0.1) is 0 Å². The molecule has 2 unspecified atom stereocenters. The van der Waals surface area contributed by atoms with Crippen molar-refractivity contribution in [3.05, 3.63) is 76.1 Å². The summed E-state index contributed by atoms with van der Waals surface area (Å²) >= 11 is 0. The first-order valence-corrected chi connectivity index (χ1v) is 10.8. The van der Waals surface area contributed by atoms with Crippen LogP contribution in [0.1, 0.15) is 67.7 Å². The van der Waals surface area contributed by atoms with Gasteiger partial charge in [0.25, 0.3) is 5.92 Å². The first-order chi connectivity index (χ1) is 15.5. The fourth-order valence-electron chi connectivity index (χ4n) is 4.25. The van der Waals surface area contributed by atoms with E-state index < -0.39 is 53.5 Å². The number of hydrogen-bond donors (Lipinski definition) is 0. The third-order valence-corrected chi connectivity index (χ3v) is 5.87. The van der Waals surface area contributed by atoms with Gasteiger partial charge < -0.3 is 4.74 Å². The maximum Gasteiger partial charge on any atom is 0.386 e. The van der Waals surface area contributed by atoms with Gasteiger partial charge in [-0.1, -0.05) is 43.7 Å². The quantitative estimate of drug-likeness (QED) is 0.368. The minimum absolute atomic E-state index is 0.0928. The Kier molecular flexibility index (Phi) is 7.56. The summed E-state index contributed by atoms with van der Waals surface area (Å²) in [5, 5.41) is 0. The summed E-state index contributed by atoms with van der Waals surface area (Å²) in [6.45, 7) is 3.42. The molecule has 3 rings (SSSR count). The molecule has 1 aliphatic rings. The minimum atomic E-state index is -4.30. The molecule has 8 heteroatoms. The number of allylic oxidation sites excluding steroid dienone is 1. The smallest absolute Gasteiger partial charge is 0.313 e. The first-order valence-electron chi connectivity index (χ1n) is 10.8. The van der Waals surface area contributed by atoms with Gasteiger partial charge in [0.15, 0.2) is 11.6 Å². The van der Waals surface area contributed by atoms with Crippen LogP contribution in [0.5, 0.6) is 0 Å². The molecule has 0 amide bonds. The van der Waals surface area contributed by atoms with E-state index in [1.807, 2.05) is 6.92 Å². The molecule has 0 radical (unpaired) electrons. The molecule has 0 aromatic heterocycles. The molecule has 0 spiro atoms. The van der Waals surface area contributed by atoms with E-state index in [2.05, 4.69) is 4.74 Å². The second-order valence-electron chi connectivity index (χ2n) is 8.28. The molecule has 2 aromatic carbocycles. The molecule has 0 aliphatic heterocycles. The van der Waals surface area contributed by atoms with E-state index in [-0.39, 0.29) is 24.0 Å². The van der Waals surface area contributed by atoms with Gasteiger partial charge >= 0.3 is 6.11 Å². The Morgan fingerprint density at radius 3 is 2.39 bits per heavy atom. The molecule has 0 N–H and O–H groups in total. The van der Waals surface area contributed by atoms with Crippen LogP contribution in [0.2, 0.25) is 0 Å². The number of hydrogen-bond acceptors (Lipinski definition) is 1. The largest absolute Gasteiger partial charge is 0.386 e. The molecule has 2 aromatic rings. The number of halogens is 7. The van der Waals surface area contributed by atoms with Crippen LogP contribution >= 0.6 is 0 Å². The van der Waals surface area contributed by atoms with E-state index >= 15 is 0 Å². The Labute approximate surface area is 188 Å². The maximum absolute atomic E-state index is 14.9. The Bertz CT molecular complexity index is 1020. The van der Waals surface area contributed by atoms with Gasteiger partial charge in [0.2, 0.25) is 0 Å². The molecule has 0 saturated heterocycles. The van der Waals surface area contributed by atoms with Crippen molar-refractivity contribution in [2.75, 3.05) is 0 Å². The predicted octanol–water partition coefficient (Wildman–Crippen LogP) is 8.13. The van der Waals surface area contributed by atoms with Crippen molar-refractivity contribution in [3.63, 3.8) is 0 Å². The van der Waals surface area contributed by atoms with Crippen LogP contribution in [0.25, 0.3) is 6.08 Å². The Morgan fingerprint density at radius 2 is 1.79 bits per heavy atom. The molecule has 180 valence electrons. The topological polar surface area (TPSA) is 9.23 Å². The van der Waals surface area contributed by atoms with Crippen LogP contribution in [0, 0.1) is 17.5 Å². The van der Waals surface area contributed by atoms with Gasteiger partial charge in [0.1, 0.15) is 5.82 Å². The number of alkyl halides is 4. The van der Waals surface area contributed by atoms with Crippen molar-refractivity contribution < 1.29 is 35.5 Å². The fourth-order valence-corrected chi connectivity index (χ4v) is 4.25. The third-order valence-electron chi connectivity index (χ3n) is 5.87. The minimum Gasteiger partial charge on any atom is -0.313 e. The molecule has 2 atom stereocenters. The van der Waals surface area contributed by atoms with Crippen molar-refractivity contribution >= 4 is 6.08 Å². The number of aryl methyl sites for hydroxylation is 1. The summed E-state index contributed by atoms with van der Waals surface area (Å²) < 4.78 is 106. The van der Waals surface area contributed by atoms with Crippen LogP contribution in [-0.2, 0) is 17.3 Å². The highest BCUT2D eigenvalue weighted by atomic mass is 19.3. The highest BCUT2D eigenvalue weighted by molar-refractivity contribution is 5.51. The lowest BCUT2D eigenvalue weighted by atomic mass is 9.79. The SMILES string of the molecule is C/C=C/c1ccc(C(F)(F)OC2CCC(c3ccc(CCC)c(F)c3)C(F)(F)C2)c(F)c1F. The van der Waals surface area contributed by atoms with Gasteiger partial charge in [-0.25, -0.2) is 22.0 Å². The van der Waals surface area contributed by atoms with Crippen molar-refractivity contribution in [2.45, 2.75) is 70.0 Å². The molecule has 33 heavy (non-hydrogen) atoms. The second kappa shape index (κ2) is 9.87. The fraction of sp³-hybridized carbons (Fsp3) is 0.440. The van der Waals surface area contributed by atoms with Crippen LogP contribution in [0.3, 0.4) is 0 Å². The second-order valence-corrected chi connectivity index (χ2v) is 8.28. The molecule has 0 bridgehead atoms. The number of benzene rings is 2. The van der Waals surface area contributed by atoms with Crippen molar-refractivity contribution in [3.8, 4) is 0 Å². The molecule has 1 aliphatic carbocycles. The zero-order valence-corrected chi connectivity index (χ0v) is 18.3. The summed E-state index contributed by atoms with van der Waals surface area (Å²) in [6, 6.07) is 5.62. The summed E-state index contributed by atoms with van der Waals surface area (Å²) in [5.74, 6) is -8.65. The van der Waals surface area contributed by atoms with E-state index in [4.69, 9.17) is 0 Å². The molecular formula is C25H25F7O. The van der Waals surface area contributed by atoms with E-state index in [1.54, 1.807) is 6.92 Å². The van der Waals surface area contributed by atoms with Crippen molar-refractivity contribution in [2.24, 2.45) is 0 Å². The monoisotopic (exact) mass is 474 g/mol. The summed E-state index contributed by atoms with van der Waals surface area (Å²) in [5.41, 5.74) is -1.06. The Balaban J connectivity index is 1.76. The van der Waals surface area contributed by atoms with Gasteiger partial charge in [0.05, 0.1) is 11.7 Å². The number of ether oxygens (including phenoxy) is 1. The lowest BCUT2D eigenvalue weighted by molar-refractivity contribution is -0.289. The molecule has 0 heterocycles. The molecule has 1 fully saturated rings. The van der Waals surface area contributed by atoms with Crippen LogP contribution in [0.15, 0.2) is 36.4 Å². The lowest BCUT2D eigenvalue weighted by Gasteiger charge is -2.37. The molecule has 1 saturated carbocycles. The van der Waals surface area contributed by atoms with E-state index in [0.717, 1.165) is 12.1 Å². The number of rotatable bonds is 7. The van der Waals surface area contributed by atoms with Crippen LogP contribution < -0.4 is 0 Å². The lowest BCUT2D eigenvalue weighted by Crippen LogP contribution is -2.40. The Morgan fingerprint density at radius 1 is 1.06 bits per heavy atom. The zero-order valence-electron chi connectivity index (χ0n) is 18.3. The highest BCUT2D eigenvalue weighted by Gasteiger charge is 2.49. The summed E-state index contributed by atoms with van der Waals surface area (Å²) in [7, 11) is 0. The summed E-state index contributed by atoms with van der Waals surface area (Å²) in [6.07, 6.45) is -3.54. The van der Waals surface area contributed by atoms with Gasteiger partial charge in [-0.3, -0.25) is 0 Å². The predicted molar refractivity (Wildman–Crippen MR) is 112 cm³/mol. The van der Waals surface area contributed by atoms with E-state index in [9.17, 15) is 30.7 Å². The molecule has 1 nitrogen and oxygen atoms in total. The van der Waals surface area contributed by atoms with Gasteiger partial charge in [0, 0.05) is 17.9 Å². The van der Waals surface area contributed by atoms with Crippen LogP contribution in [0.4, 0.5) is 30.7 Å². The highest BCUT2D eigenvalue weighted by Crippen LogP contribution is 2.48. The zero-order chi connectivity index (χ0) is 24.4. The van der Waals surface area contributed by atoms with Crippen molar-refractivity contribution in [1.29, 1.82) is 0 Å². The molecular weight excluding hydrogens is 449 g/mol. The van der Waals surface area contributed by atoms with E-state index in [0.29, 0.717) is 24.5 Å². The first kappa shape index (κ1) is 25.3. The van der Waals surface area contributed by atoms with Crippen LogP contribution in [-0.4, -0.2) is 12.0 Å². The average Bonchev–Trinajstić information content (AvgIpc) is 2.72. The van der Waals surface area contributed by atoms with Gasteiger partial charge in [-0.2, -0.15) is 8.78 Å². The normalized spacial score (nSPS) is 21.0. The maximum atomic E-state index is 14.9. The van der Waals surface area contributed by atoms with Gasteiger partial charge in [-0.05, 0) is 49.4 Å². The Hall–Kier alpha value is -2.35. The van der Waals surface area contributed by atoms with Crippen molar-refractivity contribution in [1.82, 2.24) is 0 Å². The standard InChI is InChI=1S/C25H25F7O/c1-3-5-15-7-8-17(13-21(15)26)19-12-10-18(14-24(19,29)30)33-25(31,32)20-11-9-16(6-4-2)22(27)23(20)28/h4,6-9,11,13,18-19H,3,5,10,12,14H2,1-2H3/b6-4+. The third kappa shape index (κ3) is 5.42.